The molecule has 1 atom stereocenters. The summed E-state index contributed by atoms with van der Waals surface area (Å²) in [6, 6.07) is 4.11. The summed E-state index contributed by atoms with van der Waals surface area (Å²) in [5.41, 5.74) is 8.94. The minimum Gasteiger partial charge on any atom is -0.507 e. The Kier molecular flexibility index (Phi) is 3.74. The van der Waals surface area contributed by atoms with Gasteiger partial charge in [0.2, 0.25) is 0 Å². The van der Waals surface area contributed by atoms with Crippen LogP contribution in [0.1, 0.15) is 29.5 Å². The first-order valence-corrected chi connectivity index (χ1v) is 6.32. The summed E-state index contributed by atoms with van der Waals surface area (Å²) < 4.78 is 0. The van der Waals surface area contributed by atoms with E-state index in [-0.39, 0.29) is 11.2 Å². The molecule has 3 N–H and O–H groups in total. The predicted molar refractivity (Wildman–Crippen MR) is 70.4 cm³/mol. The number of rotatable bonds is 4. The van der Waals surface area contributed by atoms with Crippen LogP contribution in [0, 0.1) is 0 Å². The quantitative estimate of drug-likeness (QED) is 0.712. The van der Waals surface area contributed by atoms with Gasteiger partial charge in [0.25, 0.3) is 0 Å². The van der Waals surface area contributed by atoms with E-state index in [0.717, 1.165) is 36.0 Å². The van der Waals surface area contributed by atoms with Gasteiger partial charge in [-0.25, -0.2) is 0 Å². The number of aryl methyl sites for hydroxylation is 1. The van der Waals surface area contributed by atoms with Gasteiger partial charge in [-0.2, -0.15) is 0 Å². The molecule has 2 rings (SSSR count). The van der Waals surface area contributed by atoms with Gasteiger partial charge < -0.3 is 10.8 Å². The largest absolute Gasteiger partial charge is 0.507 e. The second kappa shape index (κ2) is 5.10. The molecule has 0 heterocycles. The third-order valence-corrected chi connectivity index (χ3v) is 3.47. The maximum absolute atomic E-state index is 10.7. The third kappa shape index (κ3) is 2.82. The number of fused-ring (bicyclic) bond motifs is 1. The van der Waals surface area contributed by atoms with Gasteiger partial charge in [-0.15, -0.1) is 12.6 Å². The molecule has 3 nitrogen and oxygen atoms in total. The van der Waals surface area contributed by atoms with Crippen LogP contribution in [-0.4, -0.2) is 16.3 Å². The van der Waals surface area contributed by atoms with Crippen LogP contribution < -0.4 is 5.73 Å². The summed E-state index contributed by atoms with van der Waals surface area (Å²) in [6.45, 7) is 0. The van der Waals surface area contributed by atoms with Crippen LogP contribution in [0.5, 0.6) is 5.75 Å². The zero-order chi connectivity index (χ0) is 12.4. The van der Waals surface area contributed by atoms with Crippen molar-refractivity contribution in [2.24, 2.45) is 5.73 Å². The van der Waals surface area contributed by atoms with Crippen molar-refractivity contribution >= 4 is 17.7 Å². The summed E-state index contributed by atoms with van der Waals surface area (Å²) in [6.07, 6.45) is 3.47. The van der Waals surface area contributed by atoms with E-state index in [9.17, 15) is 9.90 Å². The molecule has 0 aliphatic heterocycles. The smallest absolute Gasteiger partial charge is 0.185 e. The number of aromatic hydroxyl groups is 1. The van der Waals surface area contributed by atoms with Gasteiger partial charge in [0.05, 0.1) is 0 Å². The lowest BCUT2D eigenvalue weighted by Crippen LogP contribution is -2.19. The Morgan fingerprint density at radius 2 is 2.24 bits per heavy atom. The third-order valence-electron chi connectivity index (χ3n) is 3.25. The van der Waals surface area contributed by atoms with E-state index in [1.807, 2.05) is 12.1 Å². The first-order chi connectivity index (χ1) is 8.08. The standard InChI is InChI=1S/C13H17NO2S/c14-10-6-9-5-4-8(2-1-3-12(15)17)13(16)11(9)7-10/h4-5,10,16H,1-3,6-7,14H2,(H,15,17). The Bertz CT molecular complexity index is 445. The van der Waals surface area contributed by atoms with Crippen LogP contribution in [-0.2, 0) is 24.1 Å². The van der Waals surface area contributed by atoms with Crippen molar-refractivity contribution < 1.29 is 9.90 Å². The normalized spacial score (nSPS) is 18.1. The molecule has 0 radical (unpaired) electrons. The van der Waals surface area contributed by atoms with E-state index in [0.29, 0.717) is 18.6 Å². The number of carbonyl (C=O) groups excluding carboxylic acids is 1. The number of hydrogen-bond acceptors (Lipinski definition) is 3. The highest BCUT2D eigenvalue weighted by Gasteiger charge is 2.22. The number of phenols is 1. The fourth-order valence-corrected chi connectivity index (χ4v) is 2.55. The number of thiol groups is 1. The van der Waals surface area contributed by atoms with Crippen molar-refractivity contribution in [2.45, 2.75) is 38.1 Å². The number of carbonyl (C=O) groups is 1. The van der Waals surface area contributed by atoms with Crippen molar-refractivity contribution in [1.82, 2.24) is 0 Å². The predicted octanol–water partition coefficient (Wildman–Crippen LogP) is 1.60. The van der Waals surface area contributed by atoms with Crippen LogP contribution in [0.15, 0.2) is 12.1 Å². The summed E-state index contributed by atoms with van der Waals surface area (Å²) >= 11 is 3.73. The van der Waals surface area contributed by atoms with Gasteiger partial charge in [-0.1, -0.05) is 12.1 Å². The van der Waals surface area contributed by atoms with Crippen molar-refractivity contribution in [3.05, 3.63) is 28.8 Å². The summed E-state index contributed by atoms with van der Waals surface area (Å²) in [4.78, 5) is 10.7. The molecule has 0 saturated heterocycles. The zero-order valence-corrected chi connectivity index (χ0v) is 10.5. The molecule has 0 fully saturated rings. The fourth-order valence-electron chi connectivity index (χ4n) is 2.39. The molecule has 92 valence electrons. The van der Waals surface area contributed by atoms with E-state index in [2.05, 4.69) is 12.6 Å². The Morgan fingerprint density at radius 3 is 2.94 bits per heavy atom. The lowest BCUT2D eigenvalue weighted by atomic mass is 10.0. The molecule has 0 aromatic heterocycles. The molecular weight excluding hydrogens is 234 g/mol. The molecule has 1 unspecified atom stereocenters. The van der Waals surface area contributed by atoms with Gasteiger partial charge in [0, 0.05) is 12.5 Å². The number of phenolic OH excluding ortho intramolecular Hbond substituents is 1. The van der Waals surface area contributed by atoms with Crippen LogP contribution in [0.25, 0.3) is 0 Å². The molecule has 0 saturated carbocycles. The van der Waals surface area contributed by atoms with Crippen molar-refractivity contribution in [1.29, 1.82) is 0 Å². The minimum atomic E-state index is -0.104. The molecule has 0 bridgehead atoms. The highest BCUT2D eigenvalue weighted by Crippen LogP contribution is 2.33. The highest BCUT2D eigenvalue weighted by atomic mass is 32.1. The maximum Gasteiger partial charge on any atom is 0.185 e. The van der Waals surface area contributed by atoms with E-state index in [1.54, 1.807) is 0 Å². The Morgan fingerprint density at radius 1 is 1.47 bits per heavy atom. The lowest BCUT2D eigenvalue weighted by Gasteiger charge is -2.08. The first kappa shape index (κ1) is 12.5. The monoisotopic (exact) mass is 251 g/mol. The fraction of sp³-hybridized carbons (Fsp3) is 0.462. The van der Waals surface area contributed by atoms with E-state index >= 15 is 0 Å². The number of benzene rings is 1. The van der Waals surface area contributed by atoms with Crippen molar-refractivity contribution in [2.75, 3.05) is 0 Å². The molecule has 0 amide bonds. The van der Waals surface area contributed by atoms with E-state index in [4.69, 9.17) is 5.73 Å². The molecule has 0 spiro atoms. The average Bonchev–Trinajstić information content (AvgIpc) is 2.63. The highest BCUT2D eigenvalue weighted by molar-refractivity contribution is 7.96. The van der Waals surface area contributed by atoms with Crippen LogP contribution >= 0.6 is 12.6 Å². The first-order valence-electron chi connectivity index (χ1n) is 5.88. The molecule has 1 aliphatic rings. The topological polar surface area (TPSA) is 63.3 Å². The second-order valence-electron chi connectivity index (χ2n) is 4.63. The summed E-state index contributed by atoms with van der Waals surface area (Å²) in [7, 11) is 0. The minimum absolute atomic E-state index is 0.104. The van der Waals surface area contributed by atoms with Gasteiger partial charge in [-0.3, -0.25) is 4.79 Å². The number of nitrogens with two attached hydrogens (primary N) is 1. The number of hydrogen-bond donors (Lipinski definition) is 3. The zero-order valence-electron chi connectivity index (χ0n) is 9.65. The Labute approximate surface area is 106 Å². The maximum atomic E-state index is 10.7. The van der Waals surface area contributed by atoms with Crippen LogP contribution in [0.4, 0.5) is 0 Å². The van der Waals surface area contributed by atoms with Gasteiger partial charge >= 0.3 is 0 Å². The van der Waals surface area contributed by atoms with Gasteiger partial charge in [0.1, 0.15) is 5.75 Å². The Balaban J connectivity index is 2.10. The average molecular weight is 251 g/mol. The molecule has 4 heteroatoms. The molecular formula is C13H17NO2S. The van der Waals surface area contributed by atoms with Gasteiger partial charge in [0.15, 0.2) is 5.12 Å². The van der Waals surface area contributed by atoms with Crippen LogP contribution in [0.3, 0.4) is 0 Å². The summed E-state index contributed by atoms with van der Waals surface area (Å²) in [5.74, 6) is 0.377. The van der Waals surface area contributed by atoms with Crippen molar-refractivity contribution in [3.8, 4) is 5.75 Å². The SMILES string of the molecule is NC1Cc2ccc(CCCC(=O)S)c(O)c2C1. The summed E-state index contributed by atoms with van der Waals surface area (Å²) in [5, 5.41) is 10.0. The van der Waals surface area contributed by atoms with E-state index < -0.39 is 0 Å². The molecule has 1 aromatic carbocycles. The van der Waals surface area contributed by atoms with Crippen LogP contribution in [0.2, 0.25) is 0 Å². The van der Waals surface area contributed by atoms with Gasteiger partial charge in [-0.05, 0) is 42.4 Å². The molecule has 17 heavy (non-hydrogen) atoms. The van der Waals surface area contributed by atoms with Crippen molar-refractivity contribution in [3.63, 3.8) is 0 Å². The Hall–Kier alpha value is -1.00. The second-order valence-corrected chi connectivity index (χ2v) is 5.13. The van der Waals surface area contributed by atoms with E-state index in [1.165, 1.54) is 0 Å². The molecule has 1 aliphatic carbocycles. The molecule has 1 aromatic rings. The lowest BCUT2D eigenvalue weighted by molar-refractivity contribution is -0.110.